The van der Waals surface area contributed by atoms with E-state index in [1.807, 2.05) is 26.0 Å². The lowest BCUT2D eigenvalue weighted by molar-refractivity contribution is 0.0691. The first-order valence-corrected chi connectivity index (χ1v) is 5.36. The monoisotopic (exact) mass is 230 g/mol. The molecule has 0 aliphatic heterocycles. The number of fused-ring (bicyclic) bond motifs is 1. The quantitative estimate of drug-likeness (QED) is 0.832. The highest BCUT2D eigenvalue weighted by atomic mass is 16.4. The van der Waals surface area contributed by atoms with Crippen LogP contribution >= 0.6 is 0 Å². The first-order valence-electron chi connectivity index (χ1n) is 5.36. The second-order valence-electron chi connectivity index (χ2n) is 4.01. The minimum Gasteiger partial charge on any atom is -0.477 e. The molecule has 0 unspecified atom stereocenters. The van der Waals surface area contributed by atoms with Gasteiger partial charge in [0.25, 0.3) is 0 Å². The normalized spacial score (nSPS) is 10.5. The zero-order valence-electron chi connectivity index (χ0n) is 10.0. The summed E-state index contributed by atoms with van der Waals surface area (Å²) in [5, 5.41) is 13.0. The van der Waals surface area contributed by atoms with Gasteiger partial charge >= 0.3 is 5.97 Å². The number of nitrogens with zero attached hydrogens (tertiary/aromatic N) is 1. The van der Waals surface area contributed by atoms with Crippen LogP contribution in [0.25, 0.3) is 10.9 Å². The molecular formula is C13H14N2O2. The van der Waals surface area contributed by atoms with Gasteiger partial charge in [-0.2, -0.15) is 0 Å². The third-order valence-electron chi connectivity index (χ3n) is 2.99. The molecule has 88 valence electrons. The largest absolute Gasteiger partial charge is 0.477 e. The highest BCUT2D eigenvalue weighted by Gasteiger charge is 2.12. The number of pyridine rings is 1. The van der Waals surface area contributed by atoms with Crippen LogP contribution in [0, 0.1) is 13.8 Å². The highest BCUT2D eigenvalue weighted by molar-refractivity contribution is 5.98. The fraction of sp³-hybridized carbons (Fsp3) is 0.231. The molecule has 4 heteroatoms. The minimum atomic E-state index is -1.01. The van der Waals surface area contributed by atoms with E-state index in [-0.39, 0.29) is 5.69 Å². The van der Waals surface area contributed by atoms with Gasteiger partial charge in [0.2, 0.25) is 0 Å². The van der Waals surface area contributed by atoms with Crippen LogP contribution in [0.2, 0.25) is 0 Å². The van der Waals surface area contributed by atoms with Crippen LogP contribution in [0.5, 0.6) is 0 Å². The highest BCUT2D eigenvalue weighted by Crippen LogP contribution is 2.27. The molecule has 2 aromatic rings. The summed E-state index contributed by atoms with van der Waals surface area (Å²) in [4.78, 5) is 15.2. The first kappa shape index (κ1) is 11.4. The van der Waals surface area contributed by atoms with Crippen molar-refractivity contribution in [1.29, 1.82) is 0 Å². The number of carboxylic acids is 1. The van der Waals surface area contributed by atoms with Crippen LogP contribution < -0.4 is 5.32 Å². The molecular weight excluding hydrogens is 216 g/mol. The third kappa shape index (κ3) is 1.82. The molecule has 0 radical (unpaired) electrons. The lowest BCUT2D eigenvalue weighted by atomic mass is 10.0. The van der Waals surface area contributed by atoms with Crippen LogP contribution in [0.4, 0.5) is 5.69 Å². The van der Waals surface area contributed by atoms with Crippen molar-refractivity contribution in [1.82, 2.24) is 4.98 Å². The molecule has 0 aliphatic rings. The molecule has 0 saturated carbocycles. The molecule has 0 aliphatic carbocycles. The Morgan fingerprint density at radius 1 is 1.35 bits per heavy atom. The Bertz CT molecular complexity index is 606. The summed E-state index contributed by atoms with van der Waals surface area (Å²) in [6, 6.07) is 5.53. The molecule has 1 heterocycles. The van der Waals surface area contributed by atoms with Gasteiger partial charge in [0, 0.05) is 18.1 Å². The van der Waals surface area contributed by atoms with E-state index in [0.717, 1.165) is 27.7 Å². The molecule has 0 amide bonds. The molecule has 0 fully saturated rings. The number of rotatable bonds is 2. The maximum atomic E-state index is 11.0. The number of aromatic carboxylic acids is 1. The Hall–Kier alpha value is -2.10. The smallest absolute Gasteiger partial charge is 0.354 e. The first-order chi connectivity index (χ1) is 8.04. The molecule has 1 aromatic carbocycles. The van der Waals surface area contributed by atoms with E-state index in [2.05, 4.69) is 10.3 Å². The van der Waals surface area contributed by atoms with Gasteiger partial charge in [-0.3, -0.25) is 0 Å². The molecule has 2 rings (SSSR count). The van der Waals surface area contributed by atoms with Crippen LogP contribution in [-0.4, -0.2) is 23.1 Å². The summed E-state index contributed by atoms with van der Waals surface area (Å²) in [7, 11) is 1.77. The summed E-state index contributed by atoms with van der Waals surface area (Å²) >= 11 is 0. The Morgan fingerprint density at radius 3 is 2.65 bits per heavy atom. The lowest BCUT2D eigenvalue weighted by Gasteiger charge is -2.10. The van der Waals surface area contributed by atoms with Gasteiger partial charge in [-0.1, -0.05) is 12.1 Å². The number of nitrogens with one attached hydrogen (secondary N) is 1. The maximum Gasteiger partial charge on any atom is 0.354 e. The fourth-order valence-corrected chi connectivity index (χ4v) is 1.85. The van der Waals surface area contributed by atoms with Gasteiger partial charge in [-0.25, -0.2) is 9.78 Å². The lowest BCUT2D eigenvalue weighted by Crippen LogP contribution is -2.04. The van der Waals surface area contributed by atoms with Crippen molar-refractivity contribution in [3.63, 3.8) is 0 Å². The van der Waals surface area contributed by atoms with Gasteiger partial charge in [0.05, 0.1) is 5.52 Å². The zero-order chi connectivity index (χ0) is 12.6. The number of aryl methyl sites for hydroxylation is 2. The van der Waals surface area contributed by atoms with Gasteiger partial charge in [0.1, 0.15) is 0 Å². The van der Waals surface area contributed by atoms with Crippen molar-refractivity contribution in [3.05, 3.63) is 35.0 Å². The summed E-state index contributed by atoms with van der Waals surface area (Å²) < 4.78 is 0. The Morgan fingerprint density at radius 2 is 2.06 bits per heavy atom. The second-order valence-corrected chi connectivity index (χ2v) is 4.01. The number of benzene rings is 1. The molecule has 0 bridgehead atoms. The number of carbonyl (C=O) groups is 1. The number of anilines is 1. The van der Waals surface area contributed by atoms with E-state index in [0.29, 0.717) is 0 Å². The number of aromatic nitrogens is 1. The van der Waals surface area contributed by atoms with Gasteiger partial charge in [-0.15, -0.1) is 0 Å². The Kier molecular flexibility index (Phi) is 2.71. The summed E-state index contributed by atoms with van der Waals surface area (Å²) in [5.74, 6) is -1.01. The Balaban J connectivity index is 2.88. The van der Waals surface area contributed by atoms with E-state index >= 15 is 0 Å². The van der Waals surface area contributed by atoms with Crippen LogP contribution in [0.3, 0.4) is 0 Å². The SMILES string of the molecule is CNc1cc(C(=O)O)nc2c(C)c(C)ccc12. The molecule has 0 saturated heterocycles. The van der Waals surface area contributed by atoms with Gasteiger partial charge < -0.3 is 10.4 Å². The summed E-state index contributed by atoms with van der Waals surface area (Å²) in [5.41, 5.74) is 3.72. The van der Waals surface area contributed by atoms with Crippen molar-refractivity contribution < 1.29 is 9.90 Å². The van der Waals surface area contributed by atoms with E-state index < -0.39 is 5.97 Å². The second kappa shape index (κ2) is 4.05. The third-order valence-corrected chi connectivity index (χ3v) is 2.99. The fourth-order valence-electron chi connectivity index (χ4n) is 1.85. The van der Waals surface area contributed by atoms with Crippen LogP contribution in [0.1, 0.15) is 21.6 Å². The van der Waals surface area contributed by atoms with E-state index in [4.69, 9.17) is 5.11 Å². The van der Waals surface area contributed by atoms with Crippen molar-refractivity contribution in [2.75, 3.05) is 12.4 Å². The van der Waals surface area contributed by atoms with Crippen molar-refractivity contribution in [2.45, 2.75) is 13.8 Å². The van der Waals surface area contributed by atoms with Crippen molar-refractivity contribution in [2.24, 2.45) is 0 Å². The van der Waals surface area contributed by atoms with Crippen molar-refractivity contribution in [3.8, 4) is 0 Å². The van der Waals surface area contributed by atoms with Gasteiger partial charge in [0.15, 0.2) is 5.69 Å². The van der Waals surface area contributed by atoms with E-state index in [1.54, 1.807) is 13.1 Å². The predicted molar refractivity (Wildman–Crippen MR) is 67.7 cm³/mol. The average Bonchev–Trinajstić information content (AvgIpc) is 2.32. The molecule has 0 atom stereocenters. The molecule has 0 spiro atoms. The van der Waals surface area contributed by atoms with Crippen molar-refractivity contribution >= 4 is 22.6 Å². The Labute approximate surface area is 99.3 Å². The number of hydrogen-bond acceptors (Lipinski definition) is 3. The standard InChI is InChI=1S/C13H14N2O2/c1-7-4-5-9-10(14-3)6-11(13(16)17)15-12(9)8(7)2/h4-6H,1-3H3,(H,14,15)(H,16,17). The van der Waals surface area contributed by atoms with E-state index in [9.17, 15) is 4.79 Å². The molecule has 17 heavy (non-hydrogen) atoms. The summed E-state index contributed by atoms with van der Waals surface area (Å²) in [6.45, 7) is 3.94. The van der Waals surface area contributed by atoms with E-state index in [1.165, 1.54) is 0 Å². The number of hydrogen-bond donors (Lipinski definition) is 2. The predicted octanol–water partition coefficient (Wildman–Crippen LogP) is 2.59. The molecule has 2 N–H and O–H groups in total. The summed E-state index contributed by atoms with van der Waals surface area (Å²) in [6.07, 6.45) is 0. The maximum absolute atomic E-state index is 11.0. The topological polar surface area (TPSA) is 62.2 Å². The van der Waals surface area contributed by atoms with Crippen LogP contribution in [0.15, 0.2) is 18.2 Å². The molecule has 4 nitrogen and oxygen atoms in total. The molecule has 1 aromatic heterocycles. The minimum absolute atomic E-state index is 0.0653. The van der Waals surface area contributed by atoms with Crippen LogP contribution in [-0.2, 0) is 0 Å². The number of carboxylic acid groups (broad SMARTS) is 1. The average molecular weight is 230 g/mol. The zero-order valence-corrected chi connectivity index (χ0v) is 10.0. The van der Waals surface area contributed by atoms with Gasteiger partial charge in [-0.05, 0) is 31.0 Å².